The SMILES string of the molecule is C[C@]12CCC3(S1)C(C(=O)NC1CCCCC1)N(CCCCCCO)C(=O)[C@@H]3[C@H]2C(=O)NCc1ccccc1. The minimum absolute atomic E-state index is 0.0215. The van der Waals surface area contributed by atoms with Crippen LogP contribution in [0.1, 0.15) is 83.1 Å². The number of thioether (sulfide) groups is 1. The smallest absolute Gasteiger partial charge is 0.244 e. The summed E-state index contributed by atoms with van der Waals surface area (Å²) in [5.74, 6) is -1.03. The summed E-state index contributed by atoms with van der Waals surface area (Å²) in [4.78, 5) is 43.7. The number of nitrogens with one attached hydrogen (secondary N) is 2. The summed E-state index contributed by atoms with van der Waals surface area (Å²) in [7, 11) is 0. The third kappa shape index (κ3) is 5.10. The molecule has 0 aromatic heterocycles. The molecule has 3 N–H and O–H groups in total. The maximum Gasteiger partial charge on any atom is 0.244 e. The number of rotatable bonds is 11. The van der Waals surface area contributed by atoms with Gasteiger partial charge in [0.15, 0.2) is 0 Å². The van der Waals surface area contributed by atoms with Crippen LogP contribution in [0.3, 0.4) is 0 Å². The van der Waals surface area contributed by atoms with Gasteiger partial charge in [0.2, 0.25) is 17.7 Å². The third-order valence-electron chi connectivity index (χ3n) is 9.38. The fourth-order valence-electron chi connectivity index (χ4n) is 7.54. The molecule has 3 amide bonds. The molecule has 1 spiro atoms. The molecule has 2 unspecified atom stereocenters. The van der Waals surface area contributed by atoms with E-state index in [4.69, 9.17) is 5.11 Å². The lowest BCUT2D eigenvalue weighted by molar-refractivity contribution is -0.140. The molecule has 8 heteroatoms. The van der Waals surface area contributed by atoms with Crippen molar-refractivity contribution in [3.63, 3.8) is 0 Å². The van der Waals surface area contributed by atoms with E-state index >= 15 is 0 Å². The third-order valence-corrected chi connectivity index (χ3v) is 11.4. The Labute approximate surface area is 230 Å². The van der Waals surface area contributed by atoms with Crippen LogP contribution in [0.15, 0.2) is 30.3 Å². The van der Waals surface area contributed by atoms with Gasteiger partial charge in [-0.1, -0.05) is 62.4 Å². The van der Waals surface area contributed by atoms with Crippen molar-refractivity contribution in [1.82, 2.24) is 15.5 Å². The monoisotopic (exact) mass is 541 g/mol. The van der Waals surface area contributed by atoms with E-state index < -0.39 is 22.6 Å². The summed E-state index contributed by atoms with van der Waals surface area (Å²) in [5, 5.41) is 15.6. The minimum atomic E-state index is -0.551. The highest BCUT2D eigenvalue weighted by Crippen LogP contribution is 2.71. The Kier molecular flexibility index (Phi) is 8.39. The second-order valence-corrected chi connectivity index (χ2v) is 13.8. The maximum absolute atomic E-state index is 14.1. The maximum atomic E-state index is 14.1. The van der Waals surface area contributed by atoms with Crippen LogP contribution in [0.5, 0.6) is 0 Å². The van der Waals surface area contributed by atoms with Gasteiger partial charge in [0.25, 0.3) is 0 Å². The Morgan fingerprint density at radius 2 is 1.76 bits per heavy atom. The van der Waals surface area contributed by atoms with Crippen LogP contribution >= 0.6 is 11.8 Å². The normalized spacial score (nSPS) is 32.4. The van der Waals surface area contributed by atoms with Gasteiger partial charge in [-0.05, 0) is 51.0 Å². The zero-order valence-corrected chi connectivity index (χ0v) is 23.4. The van der Waals surface area contributed by atoms with Gasteiger partial charge in [0.05, 0.1) is 16.6 Å². The van der Waals surface area contributed by atoms with Gasteiger partial charge in [-0.25, -0.2) is 0 Å². The van der Waals surface area contributed by atoms with Crippen molar-refractivity contribution >= 4 is 29.5 Å². The molecule has 3 saturated heterocycles. The van der Waals surface area contributed by atoms with E-state index in [1.807, 2.05) is 35.2 Å². The summed E-state index contributed by atoms with van der Waals surface area (Å²) in [6.07, 6.45) is 10.5. The average molecular weight is 542 g/mol. The van der Waals surface area contributed by atoms with E-state index in [1.54, 1.807) is 11.8 Å². The predicted octanol–water partition coefficient (Wildman–Crippen LogP) is 3.79. The lowest BCUT2D eigenvalue weighted by Crippen LogP contribution is -2.55. The van der Waals surface area contributed by atoms with Crippen LogP contribution in [0.25, 0.3) is 0 Å². The van der Waals surface area contributed by atoms with Gasteiger partial charge >= 0.3 is 0 Å². The molecule has 1 saturated carbocycles. The molecule has 7 nitrogen and oxygen atoms in total. The number of fused-ring (bicyclic) bond motifs is 1. The topological polar surface area (TPSA) is 98.7 Å². The number of nitrogens with zero attached hydrogens (tertiary/aromatic N) is 1. The molecule has 3 heterocycles. The van der Waals surface area contributed by atoms with Crippen molar-refractivity contribution in [3.8, 4) is 0 Å². The van der Waals surface area contributed by atoms with Crippen LogP contribution < -0.4 is 10.6 Å². The molecule has 1 aromatic carbocycles. The number of aliphatic hydroxyl groups excluding tert-OH is 1. The molecule has 3 aliphatic heterocycles. The number of likely N-dealkylation sites (tertiary alicyclic amines) is 1. The quantitative estimate of drug-likeness (QED) is 0.371. The average Bonchev–Trinajstić information content (AvgIpc) is 3.49. The van der Waals surface area contributed by atoms with Crippen molar-refractivity contribution in [2.24, 2.45) is 11.8 Å². The van der Waals surface area contributed by atoms with Gasteiger partial charge in [0.1, 0.15) is 6.04 Å². The number of hydrogen-bond acceptors (Lipinski definition) is 5. The lowest BCUT2D eigenvalue weighted by atomic mass is 9.66. The van der Waals surface area contributed by atoms with E-state index in [0.29, 0.717) is 13.1 Å². The minimum Gasteiger partial charge on any atom is -0.396 e. The van der Waals surface area contributed by atoms with E-state index in [9.17, 15) is 14.4 Å². The Morgan fingerprint density at radius 3 is 2.50 bits per heavy atom. The Balaban J connectivity index is 1.38. The van der Waals surface area contributed by atoms with Gasteiger partial charge in [-0.15, -0.1) is 11.8 Å². The highest BCUT2D eigenvalue weighted by Gasteiger charge is 2.77. The number of hydrogen-bond donors (Lipinski definition) is 3. The summed E-state index contributed by atoms with van der Waals surface area (Å²) in [5.41, 5.74) is 1.03. The zero-order chi connectivity index (χ0) is 26.8. The first-order valence-electron chi connectivity index (χ1n) is 14.6. The molecule has 1 aromatic rings. The molecule has 38 heavy (non-hydrogen) atoms. The van der Waals surface area contributed by atoms with Crippen LogP contribution in [-0.4, -0.2) is 62.5 Å². The number of carbonyl (C=O) groups excluding carboxylic acids is 3. The fraction of sp³-hybridized carbons (Fsp3) is 0.700. The van der Waals surface area contributed by atoms with Gasteiger partial charge in [-0.3, -0.25) is 14.4 Å². The number of aliphatic hydroxyl groups is 1. The largest absolute Gasteiger partial charge is 0.396 e. The van der Waals surface area contributed by atoms with Gasteiger partial charge in [0, 0.05) is 30.5 Å². The van der Waals surface area contributed by atoms with Crippen LogP contribution in [0.2, 0.25) is 0 Å². The first-order chi connectivity index (χ1) is 18.4. The van der Waals surface area contributed by atoms with Crippen LogP contribution in [0, 0.1) is 11.8 Å². The Hall–Kier alpha value is -2.06. The van der Waals surface area contributed by atoms with Crippen molar-refractivity contribution in [2.75, 3.05) is 13.2 Å². The standard InChI is InChI=1S/C30H43N3O4S/c1-29-16-17-30(38-29)24(23(29)26(35)31-20-21-12-6-4-7-13-21)28(37)33(18-10-2-3-11-19-34)25(30)27(36)32-22-14-8-5-9-15-22/h4,6-7,12-13,22-25,34H,2-3,5,8-11,14-20H2,1H3,(H,31,35)(H,32,36)/t23-,24-,25?,29+,30?/m0/s1. The highest BCUT2D eigenvalue weighted by atomic mass is 32.2. The van der Waals surface area contributed by atoms with E-state index in [2.05, 4.69) is 17.6 Å². The molecule has 2 bridgehead atoms. The predicted molar refractivity (Wildman–Crippen MR) is 149 cm³/mol. The molecule has 5 rings (SSSR count). The molecule has 1 aliphatic carbocycles. The summed E-state index contributed by atoms with van der Waals surface area (Å²) in [6.45, 7) is 3.27. The molecule has 0 radical (unpaired) electrons. The molecule has 208 valence electrons. The molecule has 4 fully saturated rings. The number of amides is 3. The first kappa shape index (κ1) is 27.5. The number of unbranched alkanes of at least 4 members (excludes halogenated alkanes) is 3. The molecular weight excluding hydrogens is 498 g/mol. The van der Waals surface area contributed by atoms with E-state index in [1.165, 1.54) is 6.42 Å². The van der Waals surface area contributed by atoms with Crippen molar-refractivity contribution in [2.45, 2.75) is 106 Å². The highest BCUT2D eigenvalue weighted by molar-refractivity contribution is 8.02. The van der Waals surface area contributed by atoms with Gasteiger partial charge < -0.3 is 20.6 Å². The summed E-state index contributed by atoms with van der Waals surface area (Å²) in [6, 6.07) is 9.50. The second-order valence-electron chi connectivity index (χ2n) is 11.9. The van der Waals surface area contributed by atoms with Crippen molar-refractivity contribution < 1.29 is 19.5 Å². The Morgan fingerprint density at radius 1 is 1.03 bits per heavy atom. The van der Waals surface area contributed by atoms with Crippen molar-refractivity contribution in [1.29, 1.82) is 0 Å². The van der Waals surface area contributed by atoms with Gasteiger partial charge in [-0.2, -0.15) is 0 Å². The number of carbonyl (C=O) groups is 3. The first-order valence-corrected chi connectivity index (χ1v) is 15.4. The second kappa shape index (κ2) is 11.6. The molecule has 5 atom stereocenters. The molecular formula is C30H43N3O4S. The van der Waals surface area contributed by atoms with E-state index in [0.717, 1.165) is 69.8 Å². The van der Waals surface area contributed by atoms with Crippen LogP contribution in [-0.2, 0) is 20.9 Å². The zero-order valence-electron chi connectivity index (χ0n) is 22.6. The summed E-state index contributed by atoms with van der Waals surface area (Å²) >= 11 is 1.75. The van der Waals surface area contributed by atoms with Crippen molar-refractivity contribution in [3.05, 3.63) is 35.9 Å². The Bertz CT molecular complexity index is 1020. The fourth-order valence-corrected chi connectivity index (χ4v) is 9.89. The lowest BCUT2D eigenvalue weighted by Gasteiger charge is -2.36. The number of benzene rings is 1. The summed E-state index contributed by atoms with van der Waals surface area (Å²) < 4.78 is -0.901. The molecule has 4 aliphatic rings. The van der Waals surface area contributed by atoms with E-state index in [-0.39, 0.29) is 35.1 Å². The van der Waals surface area contributed by atoms with Crippen LogP contribution in [0.4, 0.5) is 0 Å².